The maximum Gasteiger partial charge on any atom is 0.0741 e. The van der Waals surface area contributed by atoms with E-state index in [2.05, 4.69) is 18.0 Å². The van der Waals surface area contributed by atoms with Gasteiger partial charge in [0.15, 0.2) is 0 Å². The Hall–Kier alpha value is -1.04. The molecule has 3 heteroatoms. The molecule has 1 saturated heterocycles. The normalized spacial score (nSPS) is 19.8. The van der Waals surface area contributed by atoms with Crippen molar-refractivity contribution in [1.82, 2.24) is 4.90 Å². The molecule has 1 aliphatic rings. The summed E-state index contributed by atoms with van der Waals surface area (Å²) in [4.78, 5) is 2.33. The Morgan fingerprint density at radius 3 is 2.41 bits per heavy atom. The minimum Gasteiger partial charge on any atom is -0.306 e. The van der Waals surface area contributed by atoms with E-state index < -0.39 is 0 Å². The van der Waals surface area contributed by atoms with Crippen molar-refractivity contribution in [3.05, 3.63) is 34.9 Å². The van der Waals surface area contributed by atoms with E-state index in [0.29, 0.717) is 5.92 Å². The maximum absolute atomic E-state index is 9.37. The molecule has 1 aromatic carbocycles. The number of hydrogen-bond donors (Lipinski definition) is 0. The number of nitriles is 1. The van der Waals surface area contributed by atoms with Crippen molar-refractivity contribution in [1.29, 1.82) is 5.26 Å². The van der Waals surface area contributed by atoms with Gasteiger partial charge in [-0.15, -0.1) is 0 Å². The van der Waals surface area contributed by atoms with Crippen LogP contribution in [-0.4, -0.2) is 25.0 Å². The van der Waals surface area contributed by atoms with Crippen LogP contribution in [-0.2, 0) is 0 Å². The van der Waals surface area contributed by atoms with Crippen LogP contribution in [0.3, 0.4) is 0 Å². The van der Waals surface area contributed by atoms with Gasteiger partial charge in [0.1, 0.15) is 0 Å². The quantitative estimate of drug-likeness (QED) is 0.803. The van der Waals surface area contributed by atoms with E-state index in [9.17, 15) is 5.26 Å². The summed E-state index contributed by atoms with van der Waals surface area (Å²) in [5.74, 6) is 0.498. The minimum atomic E-state index is 0.0148. The Balaban J connectivity index is 2.11. The average molecular weight is 249 g/mol. The summed E-state index contributed by atoms with van der Waals surface area (Å²) in [7, 11) is 2.14. The first kappa shape index (κ1) is 12.4. The van der Waals surface area contributed by atoms with Crippen LogP contribution in [0.5, 0.6) is 0 Å². The number of benzene rings is 1. The summed E-state index contributed by atoms with van der Waals surface area (Å²) < 4.78 is 0. The molecule has 17 heavy (non-hydrogen) atoms. The highest BCUT2D eigenvalue weighted by Crippen LogP contribution is 2.32. The summed E-state index contributed by atoms with van der Waals surface area (Å²) in [6.45, 7) is 2.19. The van der Waals surface area contributed by atoms with Crippen LogP contribution in [0.2, 0.25) is 5.02 Å². The lowest BCUT2D eigenvalue weighted by atomic mass is 9.81. The van der Waals surface area contributed by atoms with E-state index in [0.717, 1.165) is 36.5 Å². The van der Waals surface area contributed by atoms with Gasteiger partial charge in [0.2, 0.25) is 0 Å². The lowest BCUT2D eigenvalue weighted by molar-refractivity contribution is 0.210. The second kappa shape index (κ2) is 5.53. The molecule has 0 amide bonds. The van der Waals surface area contributed by atoms with Gasteiger partial charge in [-0.05, 0) is 56.6 Å². The SMILES string of the molecule is CN1CCC([C@@H](C#N)c2ccc(Cl)cc2)CC1. The summed E-state index contributed by atoms with van der Waals surface area (Å²) in [5.41, 5.74) is 1.10. The van der Waals surface area contributed by atoms with Crippen molar-refractivity contribution in [3.8, 4) is 6.07 Å². The third kappa shape index (κ3) is 3.00. The van der Waals surface area contributed by atoms with Crippen molar-refractivity contribution in [2.75, 3.05) is 20.1 Å². The van der Waals surface area contributed by atoms with E-state index in [1.54, 1.807) is 0 Å². The lowest BCUT2D eigenvalue weighted by Crippen LogP contribution is -2.32. The third-order valence-corrected chi connectivity index (χ3v) is 3.85. The Morgan fingerprint density at radius 1 is 1.29 bits per heavy atom. The molecule has 2 rings (SSSR count). The van der Waals surface area contributed by atoms with Gasteiger partial charge in [0, 0.05) is 5.02 Å². The van der Waals surface area contributed by atoms with Crippen LogP contribution in [0.1, 0.15) is 24.3 Å². The largest absolute Gasteiger partial charge is 0.306 e. The van der Waals surface area contributed by atoms with Gasteiger partial charge in [-0.2, -0.15) is 5.26 Å². The first-order valence-electron chi connectivity index (χ1n) is 6.04. The topological polar surface area (TPSA) is 27.0 Å². The van der Waals surface area contributed by atoms with Gasteiger partial charge in [0.25, 0.3) is 0 Å². The number of halogens is 1. The molecule has 90 valence electrons. The second-order valence-electron chi connectivity index (χ2n) is 4.80. The molecule has 0 unspecified atom stereocenters. The van der Waals surface area contributed by atoms with Crippen molar-refractivity contribution in [3.63, 3.8) is 0 Å². The van der Waals surface area contributed by atoms with Gasteiger partial charge in [-0.3, -0.25) is 0 Å². The third-order valence-electron chi connectivity index (χ3n) is 3.60. The van der Waals surface area contributed by atoms with E-state index in [4.69, 9.17) is 11.6 Å². The van der Waals surface area contributed by atoms with Gasteiger partial charge in [0.05, 0.1) is 12.0 Å². The summed E-state index contributed by atoms with van der Waals surface area (Å²) in [6, 6.07) is 10.2. The Morgan fingerprint density at radius 2 is 1.88 bits per heavy atom. The molecule has 0 N–H and O–H groups in total. The maximum atomic E-state index is 9.37. The smallest absolute Gasteiger partial charge is 0.0741 e. The van der Waals surface area contributed by atoms with Gasteiger partial charge in [-0.25, -0.2) is 0 Å². The van der Waals surface area contributed by atoms with Crippen LogP contribution in [0, 0.1) is 17.2 Å². The fourth-order valence-corrected chi connectivity index (χ4v) is 2.61. The molecule has 1 aliphatic heterocycles. The average Bonchev–Trinajstić information content (AvgIpc) is 2.35. The first-order chi connectivity index (χ1) is 8.20. The zero-order chi connectivity index (χ0) is 12.3. The van der Waals surface area contributed by atoms with Crippen molar-refractivity contribution in [2.24, 2.45) is 5.92 Å². The van der Waals surface area contributed by atoms with E-state index in [1.165, 1.54) is 0 Å². The first-order valence-corrected chi connectivity index (χ1v) is 6.42. The summed E-state index contributed by atoms with van der Waals surface area (Å²) in [6.07, 6.45) is 2.22. The van der Waals surface area contributed by atoms with Crippen molar-refractivity contribution >= 4 is 11.6 Å². The number of hydrogen-bond acceptors (Lipinski definition) is 2. The number of likely N-dealkylation sites (tertiary alicyclic amines) is 1. The van der Waals surface area contributed by atoms with Gasteiger partial charge in [-0.1, -0.05) is 23.7 Å². The number of piperidine rings is 1. The highest BCUT2D eigenvalue weighted by atomic mass is 35.5. The highest BCUT2D eigenvalue weighted by molar-refractivity contribution is 6.30. The van der Waals surface area contributed by atoms with Crippen LogP contribution in [0.4, 0.5) is 0 Å². The van der Waals surface area contributed by atoms with Crippen LogP contribution < -0.4 is 0 Å². The predicted molar refractivity (Wildman–Crippen MR) is 70.0 cm³/mol. The molecule has 0 radical (unpaired) electrons. The van der Waals surface area contributed by atoms with E-state index in [1.807, 2.05) is 24.3 Å². The molecule has 2 nitrogen and oxygen atoms in total. The molecular weight excluding hydrogens is 232 g/mol. The fourth-order valence-electron chi connectivity index (χ4n) is 2.48. The molecular formula is C14H17ClN2. The molecule has 1 fully saturated rings. The van der Waals surface area contributed by atoms with Gasteiger partial charge >= 0.3 is 0 Å². The lowest BCUT2D eigenvalue weighted by Gasteiger charge is -2.31. The Bertz CT molecular complexity index is 399. The summed E-state index contributed by atoms with van der Waals surface area (Å²) in [5, 5.41) is 10.1. The zero-order valence-electron chi connectivity index (χ0n) is 10.1. The molecule has 1 aromatic rings. The predicted octanol–water partition coefficient (Wildman–Crippen LogP) is 3.29. The van der Waals surface area contributed by atoms with Gasteiger partial charge < -0.3 is 4.90 Å². The van der Waals surface area contributed by atoms with E-state index in [-0.39, 0.29) is 5.92 Å². The van der Waals surface area contributed by atoms with Crippen molar-refractivity contribution in [2.45, 2.75) is 18.8 Å². The van der Waals surface area contributed by atoms with Crippen molar-refractivity contribution < 1.29 is 0 Å². The Kier molecular flexibility index (Phi) is 4.04. The Labute approximate surface area is 108 Å². The second-order valence-corrected chi connectivity index (χ2v) is 5.24. The molecule has 0 aliphatic carbocycles. The molecule has 0 aromatic heterocycles. The summed E-state index contributed by atoms with van der Waals surface area (Å²) >= 11 is 5.87. The standard InChI is InChI=1S/C14H17ClN2/c1-17-8-6-12(7-9-17)14(10-16)11-2-4-13(15)5-3-11/h2-5,12,14H,6-9H2,1H3/t14-/m0/s1. The minimum absolute atomic E-state index is 0.0148. The highest BCUT2D eigenvalue weighted by Gasteiger charge is 2.26. The van der Waals surface area contributed by atoms with Crippen LogP contribution in [0.25, 0.3) is 0 Å². The number of rotatable bonds is 2. The molecule has 0 bridgehead atoms. The number of nitrogens with zero attached hydrogens (tertiary/aromatic N) is 2. The molecule has 1 heterocycles. The molecule has 1 atom stereocenters. The fraction of sp³-hybridized carbons (Fsp3) is 0.500. The molecule has 0 spiro atoms. The molecule has 0 saturated carbocycles. The zero-order valence-corrected chi connectivity index (χ0v) is 10.8. The monoisotopic (exact) mass is 248 g/mol. The van der Waals surface area contributed by atoms with Crippen LogP contribution >= 0.6 is 11.6 Å². The van der Waals surface area contributed by atoms with Crippen LogP contribution in [0.15, 0.2) is 24.3 Å². The van der Waals surface area contributed by atoms with E-state index >= 15 is 0 Å².